The van der Waals surface area contributed by atoms with E-state index in [0.29, 0.717) is 5.69 Å². The van der Waals surface area contributed by atoms with Crippen molar-refractivity contribution >= 4 is 11.5 Å². The summed E-state index contributed by atoms with van der Waals surface area (Å²) < 4.78 is 14.7. The van der Waals surface area contributed by atoms with E-state index < -0.39 is 0 Å². The molecule has 5 heteroatoms. The molecule has 0 radical (unpaired) electrons. The lowest BCUT2D eigenvalue weighted by Crippen LogP contribution is -2.11. The van der Waals surface area contributed by atoms with Crippen LogP contribution in [0.15, 0.2) is 24.3 Å². The molecule has 4 nitrogen and oxygen atoms in total. The molecule has 1 aromatic heterocycles. The van der Waals surface area contributed by atoms with Gasteiger partial charge in [-0.05, 0) is 31.0 Å². The number of aryl methyl sites for hydroxylation is 2. The molecule has 1 heterocycles. The van der Waals surface area contributed by atoms with Crippen molar-refractivity contribution in [2.24, 2.45) is 7.05 Å². The molecule has 0 aliphatic rings. The molecule has 2 rings (SSSR count). The van der Waals surface area contributed by atoms with Gasteiger partial charge in [0.15, 0.2) is 0 Å². The summed E-state index contributed by atoms with van der Waals surface area (Å²) >= 11 is 0. The molecule has 0 fully saturated rings. The number of benzene rings is 1. The van der Waals surface area contributed by atoms with Crippen LogP contribution in [-0.2, 0) is 13.5 Å². The molecular weight excluding hydrogens is 255 g/mol. The first kappa shape index (κ1) is 14.4. The van der Waals surface area contributed by atoms with E-state index in [-0.39, 0.29) is 11.9 Å². The Kier molecular flexibility index (Phi) is 4.27. The topological polar surface area (TPSA) is 55.9 Å². The van der Waals surface area contributed by atoms with Crippen molar-refractivity contribution in [2.75, 3.05) is 11.1 Å². The highest BCUT2D eigenvalue weighted by molar-refractivity contribution is 5.65. The maximum absolute atomic E-state index is 12.9. The minimum absolute atomic E-state index is 0.0303. The highest BCUT2D eigenvalue weighted by Crippen LogP contribution is 2.27. The van der Waals surface area contributed by atoms with Crippen molar-refractivity contribution in [3.63, 3.8) is 0 Å². The zero-order valence-electron chi connectivity index (χ0n) is 12.2. The number of anilines is 2. The quantitative estimate of drug-likeness (QED) is 0.881. The van der Waals surface area contributed by atoms with Crippen LogP contribution in [0.3, 0.4) is 0 Å². The zero-order chi connectivity index (χ0) is 14.7. The summed E-state index contributed by atoms with van der Waals surface area (Å²) in [5.74, 6) is 0.580. The average Bonchev–Trinajstić information content (AvgIpc) is 2.68. The van der Waals surface area contributed by atoms with E-state index in [1.54, 1.807) is 16.8 Å². The highest BCUT2D eigenvalue weighted by atomic mass is 19.1. The third kappa shape index (κ3) is 2.92. The largest absolute Gasteiger partial charge is 0.394 e. The number of nitrogen functional groups attached to an aromatic ring is 1. The second-order valence-corrected chi connectivity index (χ2v) is 5.00. The minimum Gasteiger partial charge on any atom is -0.394 e. The SMILES string of the molecule is CCCc1nn(C)c(NC(C)c2ccc(F)cc2)c1N. The lowest BCUT2D eigenvalue weighted by atomic mass is 10.1. The summed E-state index contributed by atoms with van der Waals surface area (Å²) in [6.45, 7) is 4.11. The molecule has 2 aromatic rings. The van der Waals surface area contributed by atoms with E-state index in [2.05, 4.69) is 17.3 Å². The van der Waals surface area contributed by atoms with Crippen molar-refractivity contribution in [1.82, 2.24) is 9.78 Å². The molecule has 0 saturated heterocycles. The summed E-state index contributed by atoms with van der Waals surface area (Å²) in [5, 5.41) is 7.78. The molecule has 0 aliphatic carbocycles. The van der Waals surface area contributed by atoms with Crippen molar-refractivity contribution in [1.29, 1.82) is 0 Å². The number of hydrogen-bond acceptors (Lipinski definition) is 3. The van der Waals surface area contributed by atoms with Gasteiger partial charge >= 0.3 is 0 Å². The van der Waals surface area contributed by atoms with Gasteiger partial charge in [0, 0.05) is 7.05 Å². The van der Waals surface area contributed by atoms with Crippen LogP contribution in [0.5, 0.6) is 0 Å². The average molecular weight is 276 g/mol. The Morgan fingerprint density at radius 1 is 1.35 bits per heavy atom. The smallest absolute Gasteiger partial charge is 0.148 e. The van der Waals surface area contributed by atoms with E-state index in [4.69, 9.17) is 5.73 Å². The van der Waals surface area contributed by atoms with E-state index in [1.165, 1.54) is 12.1 Å². The number of nitrogens with two attached hydrogens (primary N) is 1. The normalized spacial score (nSPS) is 12.4. The number of halogens is 1. The van der Waals surface area contributed by atoms with Gasteiger partial charge in [0.2, 0.25) is 0 Å². The lowest BCUT2D eigenvalue weighted by Gasteiger charge is -2.16. The van der Waals surface area contributed by atoms with Gasteiger partial charge in [0.1, 0.15) is 11.6 Å². The van der Waals surface area contributed by atoms with E-state index in [9.17, 15) is 4.39 Å². The van der Waals surface area contributed by atoms with Crippen LogP contribution in [0, 0.1) is 5.82 Å². The number of hydrogen-bond donors (Lipinski definition) is 2. The number of nitrogens with one attached hydrogen (secondary N) is 1. The van der Waals surface area contributed by atoms with Crippen LogP contribution < -0.4 is 11.1 Å². The second kappa shape index (κ2) is 5.94. The highest BCUT2D eigenvalue weighted by Gasteiger charge is 2.15. The molecule has 0 spiro atoms. The summed E-state index contributed by atoms with van der Waals surface area (Å²) in [4.78, 5) is 0. The second-order valence-electron chi connectivity index (χ2n) is 5.00. The Morgan fingerprint density at radius 2 is 2.00 bits per heavy atom. The van der Waals surface area contributed by atoms with Crippen molar-refractivity contribution < 1.29 is 4.39 Å². The number of nitrogens with zero attached hydrogens (tertiary/aromatic N) is 2. The van der Waals surface area contributed by atoms with E-state index in [1.807, 2.05) is 14.0 Å². The summed E-state index contributed by atoms with van der Waals surface area (Å²) in [6, 6.07) is 6.49. The molecule has 0 aliphatic heterocycles. The molecule has 1 aromatic carbocycles. The van der Waals surface area contributed by atoms with Crippen molar-refractivity contribution in [3.05, 3.63) is 41.3 Å². The van der Waals surface area contributed by atoms with Crippen LogP contribution in [0.4, 0.5) is 15.9 Å². The van der Waals surface area contributed by atoms with E-state index >= 15 is 0 Å². The first-order valence-electron chi connectivity index (χ1n) is 6.86. The Hall–Kier alpha value is -2.04. The fraction of sp³-hybridized carbons (Fsp3) is 0.400. The Bertz CT molecular complexity index is 574. The molecule has 0 amide bonds. The predicted molar refractivity (Wildman–Crippen MR) is 80.1 cm³/mol. The molecule has 3 N–H and O–H groups in total. The third-order valence-electron chi connectivity index (χ3n) is 3.37. The van der Waals surface area contributed by atoms with Gasteiger partial charge in [0.25, 0.3) is 0 Å². The predicted octanol–water partition coefficient (Wildman–Crippen LogP) is 3.27. The lowest BCUT2D eigenvalue weighted by molar-refractivity contribution is 0.626. The maximum Gasteiger partial charge on any atom is 0.148 e. The van der Waals surface area contributed by atoms with Crippen LogP contribution in [0.2, 0.25) is 0 Å². The van der Waals surface area contributed by atoms with Gasteiger partial charge in [-0.15, -0.1) is 0 Å². The molecule has 20 heavy (non-hydrogen) atoms. The summed E-state index contributed by atoms with van der Waals surface area (Å²) in [7, 11) is 1.87. The summed E-state index contributed by atoms with van der Waals surface area (Å²) in [5.41, 5.74) is 8.76. The Labute approximate surface area is 118 Å². The van der Waals surface area contributed by atoms with Crippen LogP contribution in [-0.4, -0.2) is 9.78 Å². The van der Waals surface area contributed by atoms with Gasteiger partial charge in [-0.25, -0.2) is 4.39 Å². The van der Waals surface area contributed by atoms with Gasteiger partial charge < -0.3 is 11.1 Å². The standard InChI is InChI=1S/C15H21FN4/c1-4-5-13-14(17)15(20(3)19-13)18-10(2)11-6-8-12(16)9-7-11/h6-10,18H,4-5,17H2,1-3H3. The van der Waals surface area contributed by atoms with Gasteiger partial charge in [-0.2, -0.15) is 5.10 Å². The first-order valence-corrected chi connectivity index (χ1v) is 6.86. The monoisotopic (exact) mass is 276 g/mol. The van der Waals surface area contributed by atoms with Gasteiger partial charge in [0.05, 0.1) is 17.4 Å². The minimum atomic E-state index is -0.230. The molecule has 0 bridgehead atoms. The van der Waals surface area contributed by atoms with Gasteiger partial charge in [-0.1, -0.05) is 25.5 Å². The third-order valence-corrected chi connectivity index (χ3v) is 3.37. The fourth-order valence-electron chi connectivity index (χ4n) is 2.23. The molecular formula is C15H21FN4. The molecule has 1 unspecified atom stereocenters. The van der Waals surface area contributed by atoms with E-state index in [0.717, 1.165) is 29.9 Å². The summed E-state index contributed by atoms with van der Waals surface area (Å²) in [6.07, 6.45) is 1.88. The fourth-order valence-corrected chi connectivity index (χ4v) is 2.23. The first-order chi connectivity index (χ1) is 9.52. The van der Waals surface area contributed by atoms with Crippen molar-refractivity contribution in [2.45, 2.75) is 32.7 Å². The Morgan fingerprint density at radius 3 is 2.60 bits per heavy atom. The zero-order valence-corrected chi connectivity index (χ0v) is 12.2. The molecule has 1 atom stereocenters. The molecule has 0 saturated carbocycles. The van der Waals surface area contributed by atoms with Crippen LogP contribution >= 0.6 is 0 Å². The van der Waals surface area contributed by atoms with Crippen molar-refractivity contribution in [3.8, 4) is 0 Å². The Balaban J connectivity index is 2.19. The van der Waals surface area contributed by atoms with Gasteiger partial charge in [-0.3, -0.25) is 4.68 Å². The van der Waals surface area contributed by atoms with Crippen LogP contribution in [0.1, 0.15) is 37.6 Å². The maximum atomic E-state index is 12.9. The number of rotatable bonds is 5. The van der Waals surface area contributed by atoms with Crippen LogP contribution in [0.25, 0.3) is 0 Å². The number of aromatic nitrogens is 2. The molecule has 108 valence electrons.